The second-order valence-electron chi connectivity index (χ2n) is 6.98. The van der Waals surface area contributed by atoms with Gasteiger partial charge in [0.05, 0.1) is 5.69 Å². The van der Waals surface area contributed by atoms with Crippen molar-refractivity contribution >= 4 is 0 Å². The lowest BCUT2D eigenvalue weighted by molar-refractivity contribution is 0.301. The van der Waals surface area contributed by atoms with E-state index < -0.39 is 0 Å². The Morgan fingerprint density at radius 3 is 2.62 bits per heavy atom. The summed E-state index contributed by atoms with van der Waals surface area (Å²) in [7, 11) is 0. The molecule has 3 rings (SSSR count). The summed E-state index contributed by atoms with van der Waals surface area (Å²) in [5.41, 5.74) is 3.92. The van der Waals surface area contributed by atoms with Crippen LogP contribution in [0.3, 0.4) is 0 Å². The molecule has 0 saturated heterocycles. The van der Waals surface area contributed by atoms with Crippen molar-refractivity contribution < 1.29 is 4.74 Å². The topological polar surface area (TPSA) is 35.0 Å². The van der Waals surface area contributed by atoms with Gasteiger partial charge in [-0.25, -0.2) is 4.98 Å². The molecule has 3 heteroatoms. The van der Waals surface area contributed by atoms with Crippen molar-refractivity contribution in [1.82, 2.24) is 9.97 Å². The fraction of sp³-hybridized carbons (Fsp3) is 0.556. The molecule has 0 spiro atoms. The Balaban J connectivity index is 1.95. The number of allylic oxidation sites excluding steroid dienone is 3. The van der Waals surface area contributed by atoms with Crippen LogP contribution < -0.4 is 4.74 Å². The smallest absolute Gasteiger partial charge is 0.225 e. The summed E-state index contributed by atoms with van der Waals surface area (Å²) in [6, 6.07) is 0. The number of hydrogen-bond acceptors (Lipinski definition) is 3. The molecule has 0 fully saturated rings. The summed E-state index contributed by atoms with van der Waals surface area (Å²) >= 11 is 0. The van der Waals surface area contributed by atoms with Crippen molar-refractivity contribution in [1.29, 1.82) is 0 Å². The molecule has 0 N–H and O–H groups in total. The van der Waals surface area contributed by atoms with Gasteiger partial charge in [0.1, 0.15) is 11.6 Å². The Morgan fingerprint density at radius 1 is 1.10 bits per heavy atom. The van der Waals surface area contributed by atoms with E-state index in [1.165, 1.54) is 16.8 Å². The maximum absolute atomic E-state index is 6.16. The van der Waals surface area contributed by atoms with Gasteiger partial charge in [0.15, 0.2) is 0 Å². The predicted molar refractivity (Wildman–Crippen MR) is 84.3 cm³/mol. The van der Waals surface area contributed by atoms with E-state index in [1.807, 2.05) is 6.92 Å². The highest BCUT2D eigenvalue weighted by Gasteiger charge is 2.29. The van der Waals surface area contributed by atoms with Crippen LogP contribution in [-0.2, 0) is 12.8 Å². The molecule has 0 bridgehead atoms. The molecule has 0 unspecified atom stereocenters. The minimum Gasteiger partial charge on any atom is -0.439 e. The van der Waals surface area contributed by atoms with Gasteiger partial charge in [-0.1, -0.05) is 19.9 Å². The Morgan fingerprint density at radius 2 is 1.86 bits per heavy atom. The monoisotopic (exact) mass is 284 g/mol. The highest BCUT2D eigenvalue weighted by Crippen LogP contribution is 2.37. The minimum atomic E-state index is 0.324. The van der Waals surface area contributed by atoms with Crippen molar-refractivity contribution in [2.75, 3.05) is 0 Å². The maximum atomic E-state index is 6.16. The van der Waals surface area contributed by atoms with E-state index in [-0.39, 0.29) is 0 Å². The molecule has 3 nitrogen and oxygen atoms in total. The molecular weight excluding hydrogens is 260 g/mol. The van der Waals surface area contributed by atoms with Gasteiger partial charge >= 0.3 is 0 Å². The van der Waals surface area contributed by atoms with Gasteiger partial charge in [-0.15, -0.1) is 0 Å². The van der Waals surface area contributed by atoms with Crippen molar-refractivity contribution in [3.05, 3.63) is 40.6 Å². The zero-order valence-corrected chi connectivity index (χ0v) is 13.5. The van der Waals surface area contributed by atoms with E-state index in [0.717, 1.165) is 49.6 Å². The number of aryl methyl sites for hydroxylation is 1. The molecule has 0 amide bonds. The molecular formula is C18H24N2O. The number of nitrogens with zero attached hydrogens (tertiary/aromatic N) is 2. The average Bonchev–Trinajstić information content (AvgIpc) is 2.39. The van der Waals surface area contributed by atoms with Crippen molar-refractivity contribution in [3.63, 3.8) is 0 Å². The second kappa shape index (κ2) is 5.28. The summed E-state index contributed by atoms with van der Waals surface area (Å²) in [5, 5.41) is 0. The normalized spacial score (nSPS) is 20.4. The summed E-state index contributed by atoms with van der Waals surface area (Å²) in [6.45, 7) is 8.68. The van der Waals surface area contributed by atoms with E-state index in [1.54, 1.807) is 0 Å². The first-order valence-corrected chi connectivity index (χ1v) is 7.86. The SMILES string of the molecule is CC1=CCCC=C1Oc1nc(C)nc2c1CCC(C)(C)C2. The molecule has 112 valence electrons. The maximum Gasteiger partial charge on any atom is 0.225 e. The van der Waals surface area contributed by atoms with Gasteiger partial charge in [-0.2, -0.15) is 4.98 Å². The third-order valence-electron chi connectivity index (χ3n) is 4.41. The van der Waals surface area contributed by atoms with Crippen molar-refractivity contribution in [2.24, 2.45) is 5.41 Å². The average molecular weight is 284 g/mol. The molecule has 0 radical (unpaired) electrons. The highest BCUT2D eigenvalue weighted by molar-refractivity contribution is 5.38. The molecule has 2 aliphatic rings. The van der Waals surface area contributed by atoms with Gasteiger partial charge in [0, 0.05) is 5.56 Å². The van der Waals surface area contributed by atoms with Crippen molar-refractivity contribution in [3.8, 4) is 5.88 Å². The molecule has 1 aromatic rings. The molecule has 0 aromatic carbocycles. The zero-order chi connectivity index (χ0) is 15.0. The first-order chi connectivity index (χ1) is 9.94. The Hall–Kier alpha value is -1.64. The minimum absolute atomic E-state index is 0.324. The van der Waals surface area contributed by atoms with Crippen LogP contribution in [0.15, 0.2) is 23.5 Å². The number of ether oxygens (including phenoxy) is 1. The number of aromatic nitrogens is 2. The lowest BCUT2D eigenvalue weighted by Crippen LogP contribution is -2.24. The number of fused-ring (bicyclic) bond motifs is 1. The van der Waals surface area contributed by atoms with Crippen LogP contribution in [0.1, 0.15) is 57.1 Å². The van der Waals surface area contributed by atoms with E-state index in [0.29, 0.717) is 5.41 Å². The van der Waals surface area contributed by atoms with Gasteiger partial charge in [0.2, 0.25) is 5.88 Å². The first-order valence-electron chi connectivity index (χ1n) is 7.86. The van der Waals surface area contributed by atoms with E-state index in [4.69, 9.17) is 4.74 Å². The van der Waals surface area contributed by atoms with Crippen molar-refractivity contribution in [2.45, 2.75) is 59.8 Å². The summed E-state index contributed by atoms with van der Waals surface area (Å²) in [5.74, 6) is 2.54. The summed E-state index contributed by atoms with van der Waals surface area (Å²) in [4.78, 5) is 9.22. The molecule has 0 saturated carbocycles. The first kappa shape index (κ1) is 14.3. The number of hydrogen-bond donors (Lipinski definition) is 0. The Labute approximate surface area is 127 Å². The van der Waals surface area contributed by atoms with Crippen LogP contribution in [0, 0.1) is 12.3 Å². The zero-order valence-electron chi connectivity index (χ0n) is 13.5. The Kier molecular flexibility index (Phi) is 3.60. The van der Waals surface area contributed by atoms with Gasteiger partial charge < -0.3 is 4.74 Å². The van der Waals surface area contributed by atoms with Gasteiger partial charge in [-0.3, -0.25) is 0 Å². The third-order valence-corrected chi connectivity index (χ3v) is 4.41. The summed E-state index contributed by atoms with van der Waals surface area (Å²) < 4.78 is 6.16. The van der Waals surface area contributed by atoms with Crippen LogP contribution in [-0.4, -0.2) is 9.97 Å². The molecule has 0 atom stereocenters. The molecule has 2 aliphatic carbocycles. The quantitative estimate of drug-likeness (QED) is 0.812. The number of rotatable bonds is 2. The fourth-order valence-electron chi connectivity index (χ4n) is 3.11. The summed E-state index contributed by atoms with van der Waals surface area (Å²) in [6.07, 6.45) is 9.74. The van der Waals surface area contributed by atoms with E-state index in [9.17, 15) is 0 Å². The lowest BCUT2D eigenvalue weighted by atomic mass is 9.76. The molecule has 1 aromatic heterocycles. The standard InChI is InChI=1S/C18H24N2O/c1-12-7-5-6-8-16(12)21-17-14-9-10-18(3,4)11-15(14)19-13(2)20-17/h7-8H,5-6,9-11H2,1-4H3. The molecule has 21 heavy (non-hydrogen) atoms. The van der Waals surface area contributed by atoms with Gasteiger partial charge in [0.25, 0.3) is 0 Å². The second-order valence-corrected chi connectivity index (χ2v) is 6.98. The molecule has 0 aliphatic heterocycles. The lowest BCUT2D eigenvalue weighted by Gasteiger charge is -2.31. The highest BCUT2D eigenvalue weighted by atomic mass is 16.5. The van der Waals surface area contributed by atoms with E-state index >= 15 is 0 Å². The van der Waals surface area contributed by atoms with Crippen LogP contribution in [0.25, 0.3) is 0 Å². The van der Waals surface area contributed by atoms with Crippen LogP contribution >= 0.6 is 0 Å². The van der Waals surface area contributed by atoms with Crippen LogP contribution in [0.2, 0.25) is 0 Å². The predicted octanol–water partition coefficient (Wildman–Crippen LogP) is 4.30. The van der Waals surface area contributed by atoms with E-state index in [2.05, 4.69) is 42.9 Å². The third kappa shape index (κ3) is 3.02. The largest absolute Gasteiger partial charge is 0.439 e. The van der Waals surface area contributed by atoms with Crippen LogP contribution in [0.5, 0.6) is 5.88 Å². The van der Waals surface area contributed by atoms with Crippen LogP contribution in [0.4, 0.5) is 0 Å². The molecule has 1 heterocycles. The van der Waals surface area contributed by atoms with Gasteiger partial charge in [-0.05, 0) is 63.0 Å². The fourth-order valence-corrected chi connectivity index (χ4v) is 3.11. The Bertz CT molecular complexity index is 626.